The van der Waals surface area contributed by atoms with E-state index < -0.39 is 6.29 Å². The lowest BCUT2D eigenvalue weighted by Crippen LogP contribution is -2.24. The van der Waals surface area contributed by atoms with E-state index in [1.807, 2.05) is 0 Å². The first-order valence-corrected chi connectivity index (χ1v) is 8.11. The molecule has 0 radical (unpaired) electrons. The average molecular weight is 284 g/mol. The monoisotopic (exact) mass is 284 g/mol. The molecule has 0 amide bonds. The normalized spacial score (nSPS) is 20.2. The molecule has 0 unspecified atom stereocenters. The highest BCUT2D eigenvalue weighted by molar-refractivity contribution is 5.71. The zero-order valence-corrected chi connectivity index (χ0v) is 12.7. The van der Waals surface area contributed by atoms with Gasteiger partial charge in [-0.2, -0.15) is 0 Å². The van der Waals surface area contributed by atoms with Crippen molar-refractivity contribution in [2.75, 3.05) is 0 Å². The quantitative estimate of drug-likeness (QED) is 0.575. The van der Waals surface area contributed by atoms with Crippen LogP contribution in [0.25, 0.3) is 0 Å². The Bertz CT molecular complexity index is 264. The number of esters is 2. The summed E-state index contributed by atoms with van der Waals surface area (Å²) in [7, 11) is 0. The molecule has 20 heavy (non-hydrogen) atoms. The summed E-state index contributed by atoms with van der Waals surface area (Å²) in [5.74, 6) is -0.475. The highest BCUT2D eigenvalue weighted by Crippen LogP contribution is 2.15. The van der Waals surface area contributed by atoms with Crippen molar-refractivity contribution in [3.05, 3.63) is 0 Å². The smallest absolute Gasteiger partial charge is 0.308 e. The summed E-state index contributed by atoms with van der Waals surface area (Å²) in [6, 6.07) is 0. The minimum Gasteiger partial charge on any atom is -0.425 e. The summed E-state index contributed by atoms with van der Waals surface area (Å²) < 4.78 is 10.6. The van der Waals surface area contributed by atoms with Crippen LogP contribution < -0.4 is 0 Å². The molecule has 1 saturated heterocycles. The molecule has 0 aliphatic carbocycles. The maximum atomic E-state index is 11.7. The van der Waals surface area contributed by atoms with Crippen molar-refractivity contribution in [1.29, 1.82) is 0 Å². The molecule has 116 valence electrons. The van der Waals surface area contributed by atoms with Crippen LogP contribution in [-0.2, 0) is 19.1 Å². The number of carbonyl (C=O) groups excluding carboxylic acids is 2. The van der Waals surface area contributed by atoms with E-state index in [-0.39, 0.29) is 11.9 Å². The van der Waals surface area contributed by atoms with Gasteiger partial charge in [-0.05, 0) is 19.3 Å². The van der Waals surface area contributed by atoms with E-state index in [1.165, 1.54) is 0 Å². The van der Waals surface area contributed by atoms with Crippen molar-refractivity contribution in [1.82, 2.24) is 0 Å². The lowest BCUT2D eigenvalue weighted by Gasteiger charge is -2.18. The number of hydrogen-bond donors (Lipinski definition) is 0. The van der Waals surface area contributed by atoms with Gasteiger partial charge in [0, 0.05) is 19.3 Å². The maximum absolute atomic E-state index is 11.7. The van der Waals surface area contributed by atoms with Crippen LogP contribution in [0, 0.1) is 0 Å². The summed E-state index contributed by atoms with van der Waals surface area (Å²) in [4.78, 5) is 23.4. The highest BCUT2D eigenvalue weighted by Gasteiger charge is 2.18. The number of unbranched alkanes of at least 4 members (excludes halogenated alkanes) is 2. The topological polar surface area (TPSA) is 52.6 Å². The number of ether oxygens (including phenoxy) is 2. The molecular formula is C16H28O4. The van der Waals surface area contributed by atoms with Crippen LogP contribution in [0.15, 0.2) is 0 Å². The maximum Gasteiger partial charge on any atom is 0.308 e. The summed E-state index contributed by atoms with van der Waals surface area (Å²) >= 11 is 0. The van der Waals surface area contributed by atoms with Gasteiger partial charge in [-0.1, -0.05) is 45.4 Å². The van der Waals surface area contributed by atoms with Crippen LogP contribution in [0.4, 0.5) is 0 Å². The summed E-state index contributed by atoms with van der Waals surface area (Å²) in [6.07, 6.45) is 9.99. The SMILES string of the molecule is CCCCCC1OC(=O)CCCCCCCCC(=O)O1. The van der Waals surface area contributed by atoms with Gasteiger partial charge < -0.3 is 9.47 Å². The zero-order chi connectivity index (χ0) is 14.6. The fourth-order valence-electron chi connectivity index (χ4n) is 2.36. The van der Waals surface area contributed by atoms with Gasteiger partial charge in [0.05, 0.1) is 0 Å². The van der Waals surface area contributed by atoms with E-state index in [9.17, 15) is 9.59 Å². The average Bonchev–Trinajstić information content (AvgIpc) is 2.42. The molecule has 1 fully saturated rings. The fourth-order valence-corrected chi connectivity index (χ4v) is 2.36. The van der Waals surface area contributed by atoms with Gasteiger partial charge in [0.15, 0.2) is 0 Å². The van der Waals surface area contributed by atoms with Crippen molar-refractivity contribution in [3.8, 4) is 0 Å². The number of cyclic esters (lactones) is 2. The zero-order valence-electron chi connectivity index (χ0n) is 12.7. The third-order valence-corrected chi connectivity index (χ3v) is 3.58. The molecule has 1 aliphatic rings. The second-order valence-corrected chi connectivity index (χ2v) is 5.53. The Kier molecular flexibility index (Phi) is 9.09. The Balaban J connectivity index is 2.47. The van der Waals surface area contributed by atoms with Crippen LogP contribution in [0.3, 0.4) is 0 Å². The molecule has 1 aliphatic heterocycles. The van der Waals surface area contributed by atoms with Gasteiger partial charge in [-0.15, -0.1) is 0 Å². The van der Waals surface area contributed by atoms with E-state index in [4.69, 9.17) is 9.47 Å². The van der Waals surface area contributed by atoms with E-state index in [1.54, 1.807) is 0 Å². The van der Waals surface area contributed by atoms with Crippen LogP contribution in [0.1, 0.15) is 84.0 Å². The molecule has 0 bridgehead atoms. The summed E-state index contributed by atoms with van der Waals surface area (Å²) in [5.41, 5.74) is 0. The van der Waals surface area contributed by atoms with Gasteiger partial charge >= 0.3 is 11.9 Å². The van der Waals surface area contributed by atoms with Crippen LogP contribution in [0.2, 0.25) is 0 Å². The van der Waals surface area contributed by atoms with Crippen molar-refractivity contribution in [2.45, 2.75) is 90.3 Å². The second kappa shape index (κ2) is 10.7. The molecule has 4 nitrogen and oxygen atoms in total. The molecule has 0 aromatic carbocycles. The molecule has 0 aromatic rings. The third-order valence-electron chi connectivity index (χ3n) is 3.58. The minimum absolute atomic E-state index is 0.237. The Morgan fingerprint density at radius 2 is 1.35 bits per heavy atom. The Morgan fingerprint density at radius 3 is 1.85 bits per heavy atom. The lowest BCUT2D eigenvalue weighted by atomic mass is 10.1. The molecule has 0 spiro atoms. The van der Waals surface area contributed by atoms with Crippen molar-refractivity contribution < 1.29 is 19.1 Å². The molecular weight excluding hydrogens is 256 g/mol. The van der Waals surface area contributed by atoms with Crippen LogP contribution >= 0.6 is 0 Å². The molecule has 4 heteroatoms. The van der Waals surface area contributed by atoms with Crippen LogP contribution in [0.5, 0.6) is 0 Å². The molecule has 0 N–H and O–H groups in total. The first kappa shape index (κ1) is 17.0. The van der Waals surface area contributed by atoms with E-state index >= 15 is 0 Å². The Hall–Kier alpha value is -1.06. The van der Waals surface area contributed by atoms with Gasteiger partial charge in [0.1, 0.15) is 0 Å². The number of rotatable bonds is 4. The molecule has 0 atom stereocenters. The summed E-state index contributed by atoms with van der Waals surface area (Å²) in [5, 5.41) is 0. The van der Waals surface area contributed by atoms with E-state index in [0.717, 1.165) is 57.8 Å². The third kappa shape index (κ3) is 8.18. The fraction of sp³-hybridized carbons (Fsp3) is 0.875. The minimum atomic E-state index is -0.678. The predicted molar refractivity (Wildman–Crippen MR) is 77.1 cm³/mol. The predicted octanol–water partition coefficient (Wildman–Crippen LogP) is 4.11. The number of carbonyl (C=O) groups is 2. The standard InChI is InChI=1S/C16H28O4/c1-2-3-8-13-16-19-14(17)11-9-6-4-5-7-10-12-15(18)20-16/h16H,2-13H2,1H3. The first-order valence-electron chi connectivity index (χ1n) is 8.11. The van der Waals surface area contributed by atoms with Gasteiger partial charge in [-0.25, -0.2) is 0 Å². The molecule has 1 rings (SSSR count). The van der Waals surface area contributed by atoms with Gasteiger partial charge in [0.25, 0.3) is 0 Å². The molecule has 0 aromatic heterocycles. The molecule has 1 heterocycles. The van der Waals surface area contributed by atoms with Crippen molar-refractivity contribution in [3.63, 3.8) is 0 Å². The van der Waals surface area contributed by atoms with Gasteiger partial charge in [-0.3, -0.25) is 9.59 Å². The van der Waals surface area contributed by atoms with E-state index in [2.05, 4.69) is 6.92 Å². The van der Waals surface area contributed by atoms with E-state index in [0.29, 0.717) is 19.3 Å². The molecule has 0 saturated carbocycles. The number of hydrogen-bond acceptors (Lipinski definition) is 4. The van der Waals surface area contributed by atoms with Crippen molar-refractivity contribution in [2.24, 2.45) is 0 Å². The Morgan fingerprint density at radius 1 is 0.850 bits per heavy atom. The first-order chi connectivity index (χ1) is 9.72. The highest BCUT2D eigenvalue weighted by atomic mass is 16.7. The largest absolute Gasteiger partial charge is 0.425 e. The van der Waals surface area contributed by atoms with Crippen LogP contribution in [-0.4, -0.2) is 18.2 Å². The Labute approximate surface area is 122 Å². The van der Waals surface area contributed by atoms with Gasteiger partial charge in [0.2, 0.25) is 6.29 Å². The second-order valence-electron chi connectivity index (χ2n) is 5.53. The summed E-state index contributed by atoms with van der Waals surface area (Å²) in [6.45, 7) is 2.11. The van der Waals surface area contributed by atoms with Crippen molar-refractivity contribution >= 4 is 11.9 Å². The lowest BCUT2D eigenvalue weighted by molar-refractivity contribution is -0.189.